The van der Waals surface area contributed by atoms with Gasteiger partial charge in [-0.25, -0.2) is 17.2 Å². The zero-order valence-electron chi connectivity index (χ0n) is 11.1. The van der Waals surface area contributed by atoms with E-state index in [2.05, 4.69) is 0 Å². The molecule has 2 N–H and O–H groups in total. The standard InChI is InChI=1S/C12H15F2NO4S/c1-6(2)11(12(16)17)15-20(18,19)10-4-7(3)8(13)5-9(10)14/h4-6,11,15H,1-3H3,(H,16,17)/t11-/m1/s1. The molecular formula is C12H15F2NO4S. The molecule has 8 heteroatoms. The lowest BCUT2D eigenvalue weighted by molar-refractivity contribution is -0.140. The lowest BCUT2D eigenvalue weighted by atomic mass is 10.1. The highest BCUT2D eigenvalue weighted by Crippen LogP contribution is 2.20. The maximum atomic E-state index is 13.6. The molecule has 1 atom stereocenters. The Bertz CT molecular complexity index is 629. The minimum absolute atomic E-state index is 0.0526. The van der Waals surface area contributed by atoms with E-state index in [1.165, 1.54) is 20.8 Å². The zero-order valence-corrected chi connectivity index (χ0v) is 12.0. The average Bonchev–Trinajstić information content (AvgIpc) is 2.30. The molecule has 0 saturated heterocycles. The van der Waals surface area contributed by atoms with Crippen LogP contribution in [0.15, 0.2) is 17.0 Å². The first-order valence-corrected chi connectivity index (χ1v) is 7.25. The summed E-state index contributed by atoms with van der Waals surface area (Å²) in [6.45, 7) is 4.30. The normalized spacial score (nSPS) is 13.5. The van der Waals surface area contributed by atoms with Gasteiger partial charge >= 0.3 is 5.97 Å². The second kappa shape index (κ2) is 5.84. The van der Waals surface area contributed by atoms with Crippen molar-refractivity contribution in [2.45, 2.75) is 31.7 Å². The number of carboxylic acid groups (broad SMARTS) is 1. The van der Waals surface area contributed by atoms with Gasteiger partial charge in [-0.3, -0.25) is 4.79 Å². The molecule has 0 aliphatic rings. The third kappa shape index (κ3) is 3.51. The van der Waals surface area contributed by atoms with Gasteiger partial charge in [0.1, 0.15) is 22.6 Å². The van der Waals surface area contributed by atoms with Gasteiger partial charge in [0.2, 0.25) is 10.0 Å². The number of benzene rings is 1. The molecule has 0 heterocycles. The number of carboxylic acids is 1. The number of hydrogen-bond donors (Lipinski definition) is 2. The van der Waals surface area contributed by atoms with E-state index < -0.39 is 44.5 Å². The van der Waals surface area contributed by atoms with Crippen molar-refractivity contribution in [3.05, 3.63) is 29.3 Å². The Balaban J connectivity index is 3.24. The van der Waals surface area contributed by atoms with Crippen LogP contribution in [0.4, 0.5) is 8.78 Å². The van der Waals surface area contributed by atoms with Crippen LogP contribution in [0.25, 0.3) is 0 Å². The molecule has 112 valence electrons. The van der Waals surface area contributed by atoms with Gasteiger partial charge in [-0.05, 0) is 24.5 Å². The Labute approximate surface area is 115 Å². The van der Waals surface area contributed by atoms with Crippen molar-refractivity contribution in [2.24, 2.45) is 5.92 Å². The first kappa shape index (κ1) is 16.5. The van der Waals surface area contributed by atoms with Gasteiger partial charge < -0.3 is 5.11 Å². The smallest absolute Gasteiger partial charge is 0.322 e. The van der Waals surface area contributed by atoms with E-state index in [0.29, 0.717) is 6.07 Å². The third-order valence-corrected chi connectivity index (χ3v) is 4.17. The third-order valence-electron chi connectivity index (χ3n) is 2.72. The minimum atomic E-state index is -4.39. The van der Waals surface area contributed by atoms with Gasteiger partial charge in [0.15, 0.2) is 0 Å². The molecule has 0 fully saturated rings. The van der Waals surface area contributed by atoms with E-state index in [1.54, 1.807) is 0 Å². The van der Waals surface area contributed by atoms with Gasteiger partial charge in [-0.2, -0.15) is 4.72 Å². The number of halogens is 2. The van der Waals surface area contributed by atoms with E-state index in [-0.39, 0.29) is 5.56 Å². The number of carbonyl (C=O) groups is 1. The molecule has 20 heavy (non-hydrogen) atoms. The van der Waals surface area contributed by atoms with Gasteiger partial charge in [0, 0.05) is 6.07 Å². The van der Waals surface area contributed by atoms with Crippen molar-refractivity contribution in [2.75, 3.05) is 0 Å². The van der Waals surface area contributed by atoms with Crippen LogP contribution in [-0.2, 0) is 14.8 Å². The summed E-state index contributed by atoms with van der Waals surface area (Å²) in [6.07, 6.45) is 0. The highest BCUT2D eigenvalue weighted by atomic mass is 32.2. The molecule has 0 amide bonds. The molecule has 0 unspecified atom stereocenters. The molecule has 5 nitrogen and oxygen atoms in total. The lowest BCUT2D eigenvalue weighted by Crippen LogP contribution is -2.44. The molecule has 0 aliphatic carbocycles. The summed E-state index contributed by atoms with van der Waals surface area (Å²) < 4.78 is 52.6. The molecule has 0 aromatic heterocycles. The van der Waals surface area contributed by atoms with Crippen molar-refractivity contribution in [1.29, 1.82) is 0 Å². The first-order chi connectivity index (χ1) is 9.06. The first-order valence-electron chi connectivity index (χ1n) is 5.77. The van der Waals surface area contributed by atoms with E-state index >= 15 is 0 Å². The Kier molecular flexibility index (Phi) is 4.82. The van der Waals surface area contributed by atoms with Crippen LogP contribution in [0, 0.1) is 24.5 Å². The van der Waals surface area contributed by atoms with Crippen LogP contribution in [0.1, 0.15) is 19.4 Å². The largest absolute Gasteiger partial charge is 0.480 e. The van der Waals surface area contributed by atoms with E-state index in [4.69, 9.17) is 5.11 Å². The zero-order chi connectivity index (χ0) is 15.7. The van der Waals surface area contributed by atoms with Crippen molar-refractivity contribution in [1.82, 2.24) is 4.72 Å². The topological polar surface area (TPSA) is 83.5 Å². The monoisotopic (exact) mass is 307 g/mol. The number of aryl methyl sites for hydroxylation is 1. The summed E-state index contributed by atoms with van der Waals surface area (Å²) in [4.78, 5) is 10.2. The fourth-order valence-corrected chi connectivity index (χ4v) is 3.02. The van der Waals surface area contributed by atoms with Gasteiger partial charge in [-0.1, -0.05) is 13.8 Å². The van der Waals surface area contributed by atoms with Crippen molar-refractivity contribution in [3.63, 3.8) is 0 Å². The molecule has 1 aromatic carbocycles. The summed E-state index contributed by atoms with van der Waals surface area (Å²) in [5, 5.41) is 8.94. The van der Waals surface area contributed by atoms with Crippen LogP contribution in [0.2, 0.25) is 0 Å². The Morgan fingerprint density at radius 1 is 1.25 bits per heavy atom. The number of rotatable bonds is 5. The fraction of sp³-hybridized carbons (Fsp3) is 0.417. The number of nitrogens with one attached hydrogen (secondary N) is 1. The Hall–Kier alpha value is -1.54. The number of aliphatic carboxylic acids is 1. The summed E-state index contributed by atoms with van der Waals surface area (Å²) in [5.41, 5.74) is -0.0526. The second-order valence-corrected chi connectivity index (χ2v) is 6.40. The van der Waals surface area contributed by atoms with Crippen LogP contribution >= 0.6 is 0 Å². The maximum Gasteiger partial charge on any atom is 0.322 e. The van der Waals surface area contributed by atoms with Crippen LogP contribution in [0.5, 0.6) is 0 Å². The Morgan fingerprint density at radius 3 is 2.25 bits per heavy atom. The van der Waals surface area contributed by atoms with E-state index in [9.17, 15) is 22.0 Å². The SMILES string of the molecule is Cc1cc(S(=O)(=O)N[C@@H](C(=O)O)C(C)C)c(F)cc1F. The highest BCUT2D eigenvalue weighted by Gasteiger charge is 2.30. The van der Waals surface area contributed by atoms with E-state index in [0.717, 1.165) is 6.07 Å². The summed E-state index contributed by atoms with van der Waals surface area (Å²) in [6, 6.07) is -0.119. The maximum absolute atomic E-state index is 13.6. The van der Waals surface area contributed by atoms with Crippen molar-refractivity contribution < 1.29 is 27.1 Å². The summed E-state index contributed by atoms with van der Waals surface area (Å²) >= 11 is 0. The molecule has 0 saturated carbocycles. The van der Waals surface area contributed by atoms with Crippen LogP contribution in [-0.4, -0.2) is 25.5 Å². The molecule has 1 rings (SSSR count). The second-order valence-electron chi connectivity index (χ2n) is 4.71. The molecular weight excluding hydrogens is 292 g/mol. The number of hydrogen-bond acceptors (Lipinski definition) is 3. The van der Waals surface area contributed by atoms with Gasteiger partial charge in [0.05, 0.1) is 0 Å². The van der Waals surface area contributed by atoms with Crippen molar-refractivity contribution >= 4 is 16.0 Å². The van der Waals surface area contributed by atoms with Crippen LogP contribution < -0.4 is 4.72 Å². The summed E-state index contributed by atoms with van der Waals surface area (Å²) in [7, 11) is -4.39. The molecule has 0 aliphatic heterocycles. The summed E-state index contributed by atoms with van der Waals surface area (Å²) in [5.74, 6) is -4.05. The molecule has 1 aromatic rings. The highest BCUT2D eigenvalue weighted by molar-refractivity contribution is 7.89. The predicted molar refractivity (Wildman–Crippen MR) is 67.7 cm³/mol. The van der Waals surface area contributed by atoms with Gasteiger partial charge in [-0.15, -0.1) is 0 Å². The Morgan fingerprint density at radius 2 is 1.80 bits per heavy atom. The number of sulfonamides is 1. The quantitative estimate of drug-likeness (QED) is 0.866. The fourth-order valence-electron chi connectivity index (χ4n) is 1.54. The molecule has 0 bridgehead atoms. The van der Waals surface area contributed by atoms with Crippen molar-refractivity contribution in [3.8, 4) is 0 Å². The van der Waals surface area contributed by atoms with Crippen LogP contribution in [0.3, 0.4) is 0 Å². The lowest BCUT2D eigenvalue weighted by Gasteiger charge is -2.18. The molecule has 0 spiro atoms. The minimum Gasteiger partial charge on any atom is -0.480 e. The van der Waals surface area contributed by atoms with E-state index in [1.807, 2.05) is 4.72 Å². The average molecular weight is 307 g/mol. The van der Waals surface area contributed by atoms with Gasteiger partial charge in [0.25, 0.3) is 0 Å². The molecule has 0 radical (unpaired) electrons. The predicted octanol–water partition coefficient (Wildman–Crippen LogP) is 1.66.